The van der Waals surface area contributed by atoms with Crippen molar-refractivity contribution in [1.29, 1.82) is 5.26 Å². The Morgan fingerprint density at radius 3 is 2.77 bits per heavy atom. The molecule has 0 bridgehead atoms. The molecule has 2 unspecified atom stereocenters. The number of hydrogen-bond acceptors (Lipinski definition) is 4. The van der Waals surface area contributed by atoms with E-state index in [-0.39, 0.29) is 5.69 Å². The van der Waals surface area contributed by atoms with Crippen LogP contribution in [-0.2, 0) is 0 Å². The highest BCUT2D eigenvalue weighted by Gasteiger charge is 2.17. The molecule has 0 aliphatic heterocycles. The molecule has 0 fully saturated rings. The molecule has 0 aromatic carbocycles. The molecule has 0 aliphatic rings. The van der Waals surface area contributed by atoms with Crippen LogP contribution in [0.1, 0.15) is 24.3 Å². The largest absolute Gasteiger partial charge is 0.390 e. The van der Waals surface area contributed by atoms with Crippen LogP contribution in [0.3, 0.4) is 0 Å². The van der Waals surface area contributed by atoms with E-state index in [0.29, 0.717) is 5.56 Å². The summed E-state index contributed by atoms with van der Waals surface area (Å²) in [4.78, 5) is 3.77. The Labute approximate surface area is 76.1 Å². The van der Waals surface area contributed by atoms with Crippen molar-refractivity contribution in [3.63, 3.8) is 0 Å². The van der Waals surface area contributed by atoms with Gasteiger partial charge in [0.1, 0.15) is 17.9 Å². The minimum Gasteiger partial charge on any atom is -0.390 e. The summed E-state index contributed by atoms with van der Waals surface area (Å²) < 4.78 is 0. The van der Waals surface area contributed by atoms with Gasteiger partial charge in [0.05, 0.1) is 6.10 Å². The first-order chi connectivity index (χ1) is 6.16. The number of hydrogen-bond donors (Lipinski definition) is 2. The van der Waals surface area contributed by atoms with E-state index < -0.39 is 12.2 Å². The minimum absolute atomic E-state index is 0.149. The second kappa shape index (κ2) is 3.99. The third-order valence-electron chi connectivity index (χ3n) is 1.72. The normalized spacial score (nSPS) is 14.6. The maximum Gasteiger partial charge on any atom is 0.146 e. The van der Waals surface area contributed by atoms with Gasteiger partial charge in [-0.05, 0) is 13.0 Å². The van der Waals surface area contributed by atoms with Gasteiger partial charge < -0.3 is 10.2 Å². The van der Waals surface area contributed by atoms with Crippen molar-refractivity contribution < 1.29 is 10.2 Å². The van der Waals surface area contributed by atoms with E-state index >= 15 is 0 Å². The van der Waals surface area contributed by atoms with Gasteiger partial charge in [-0.3, -0.25) is 0 Å². The zero-order valence-corrected chi connectivity index (χ0v) is 7.18. The average molecular weight is 178 g/mol. The highest BCUT2D eigenvalue weighted by atomic mass is 16.3. The lowest BCUT2D eigenvalue weighted by atomic mass is 10.0. The molecule has 0 spiro atoms. The Bertz CT molecular complexity index is 331. The lowest BCUT2D eigenvalue weighted by molar-refractivity contribution is 0.0301. The summed E-state index contributed by atoms with van der Waals surface area (Å²) in [5.74, 6) is 0. The van der Waals surface area contributed by atoms with Crippen molar-refractivity contribution >= 4 is 0 Å². The zero-order valence-electron chi connectivity index (χ0n) is 7.18. The molecule has 0 radical (unpaired) electrons. The zero-order chi connectivity index (χ0) is 9.84. The van der Waals surface area contributed by atoms with Crippen LogP contribution >= 0.6 is 0 Å². The van der Waals surface area contributed by atoms with Crippen molar-refractivity contribution in [2.24, 2.45) is 0 Å². The SMILES string of the molecule is CC(O)C(O)c1cccnc1C#N. The predicted octanol–water partition coefficient (Wildman–Crippen LogP) is 0.367. The maximum absolute atomic E-state index is 9.47. The van der Waals surface area contributed by atoms with Crippen molar-refractivity contribution in [2.45, 2.75) is 19.1 Å². The number of aromatic nitrogens is 1. The third kappa shape index (κ3) is 2.02. The number of pyridine rings is 1. The van der Waals surface area contributed by atoms with E-state index in [4.69, 9.17) is 10.4 Å². The molecule has 1 aromatic heterocycles. The molecule has 0 aliphatic carbocycles. The van der Waals surface area contributed by atoms with Crippen molar-refractivity contribution in [3.8, 4) is 6.07 Å². The average Bonchev–Trinajstić information content (AvgIpc) is 2.16. The van der Waals surface area contributed by atoms with Crippen LogP contribution in [-0.4, -0.2) is 21.3 Å². The minimum atomic E-state index is -1.05. The molecule has 1 aromatic rings. The van der Waals surface area contributed by atoms with E-state index in [2.05, 4.69) is 4.98 Å². The first-order valence-electron chi connectivity index (χ1n) is 3.88. The fourth-order valence-corrected chi connectivity index (χ4v) is 1.01. The molecule has 1 heterocycles. The van der Waals surface area contributed by atoms with Gasteiger partial charge in [0.2, 0.25) is 0 Å². The van der Waals surface area contributed by atoms with Gasteiger partial charge >= 0.3 is 0 Å². The van der Waals surface area contributed by atoms with Gasteiger partial charge in [-0.15, -0.1) is 0 Å². The second-order valence-electron chi connectivity index (χ2n) is 2.74. The molecular formula is C9H10N2O2. The Balaban J connectivity index is 3.07. The number of rotatable bonds is 2. The molecule has 2 atom stereocenters. The van der Waals surface area contributed by atoms with E-state index in [1.165, 1.54) is 13.1 Å². The van der Waals surface area contributed by atoms with Crippen LogP contribution in [0.4, 0.5) is 0 Å². The molecule has 0 amide bonds. The van der Waals surface area contributed by atoms with E-state index in [1.54, 1.807) is 12.1 Å². The molecule has 0 saturated carbocycles. The summed E-state index contributed by atoms with van der Waals surface area (Å²) in [7, 11) is 0. The maximum atomic E-state index is 9.47. The number of nitriles is 1. The van der Waals surface area contributed by atoms with E-state index in [1.807, 2.05) is 6.07 Å². The molecular weight excluding hydrogens is 168 g/mol. The Kier molecular flexibility index (Phi) is 2.96. The Hall–Kier alpha value is -1.44. The molecule has 4 heteroatoms. The highest BCUT2D eigenvalue weighted by molar-refractivity contribution is 5.32. The lowest BCUT2D eigenvalue weighted by Crippen LogP contribution is -2.15. The monoisotopic (exact) mass is 178 g/mol. The van der Waals surface area contributed by atoms with Crippen molar-refractivity contribution in [1.82, 2.24) is 4.98 Å². The smallest absolute Gasteiger partial charge is 0.146 e. The summed E-state index contributed by atoms with van der Waals surface area (Å²) in [6.45, 7) is 1.46. The summed E-state index contributed by atoms with van der Waals surface area (Å²) >= 11 is 0. The Morgan fingerprint density at radius 2 is 2.23 bits per heavy atom. The van der Waals surface area contributed by atoms with Crippen LogP contribution in [0.2, 0.25) is 0 Å². The van der Waals surface area contributed by atoms with Crippen LogP contribution in [0.15, 0.2) is 18.3 Å². The molecule has 4 nitrogen and oxygen atoms in total. The fourth-order valence-electron chi connectivity index (χ4n) is 1.01. The molecule has 68 valence electrons. The second-order valence-corrected chi connectivity index (χ2v) is 2.74. The van der Waals surface area contributed by atoms with Gasteiger partial charge in [0, 0.05) is 11.8 Å². The van der Waals surface area contributed by atoms with E-state index in [9.17, 15) is 5.11 Å². The molecule has 0 saturated heterocycles. The van der Waals surface area contributed by atoms with Crippen LogP contribution < -0.4 is 0 Å². The van der Waals surface area contributed by atoms with Gasteiger partial charge in [0.25, 0.3) is 0 Å². The first kappa shape index (κ1) is 9.65. The van der Waals surface area contributed by atoms with Crippen molar-refractivity contribution in [3.05, 3.63) is 29.6 Å². The van der Waals surface area contributed by atoms with Crippen LogP contribution in [0.25, 0.3) is 0 Å². The van der Waals surface area contributed by atoms with Crippen LogP contribution in [0, 0.1) is 11.3 Å². The van der Waals surface area contributed by atoms with Gasteiger partial charge in [-0.25, -0.2) is 4.98 Å². The highest BCUT2D eigenvalue weighted by Crippen LogP contribution is 2.18. The van der Waals surface area contributed by atoms with Crippen LogP contribution in [0.5, 0.6) is 0 Å². The predicted molar refractivity (Wildman–Crippen MR) is 45.6 cm³/mol. The molecule has 2 N–H and O–H groups in total. The summed E-state index contributed by atoms with van der Waals surface area (Å²) in [6, 6.07) is 5.03. The summed E-state index contributed by atoms with van der Waals surface area (Å²) in [5.41, 5.74) is 0.510. The first-order valence-corrected chi connectivity index (χ1v) is 3.88. The number of aliphatic hydroxyl groups excluding tert-OH is 2. The molecule has 13 heavy (non-hydrogen) atoms. The molecule has 1 rings (SSSR count). The van der Waals surface area contributed by atoms with Gasteiger partial charge in [-0.1, -0.05) is 6.07 Å². The number of aliphatic hydroxyl groups is 2. The van der Waals surface area contributed by atoms with Gasteiger partial charge in [-0.2, -0.15) is 5.26 Å². The van der Waals surface area contributed by atoms with Crippen molar-refractivity contribution in [2.75, 3.05) is 0 Å². The quantitative estimate of drug-likeness (QED) is 0.685. The number of nitrogens with zero attached hydrogens (tertiary/aromatic N) is 2. The fraction of sp³-hybridized carbons (Fsp3) is 0.333. The third-order valence-corrected chi connectivity index (χ3v) is 1.72. The Morgan fingerprint density at radius 1 is 1.54 bits per heavy atom. The summed E-state index contributed by atoms with van der Waals surface area (Å²) in [5, 5.41) is 27.2. The standard InChI is InChI=1S/C9H10N2O2/c1-6(12)9(13)7-3-2-4-11-8(7)5-10/h2-4,6,9,12-13H,1H3. The lowest BCUT2D eigenvalue weighted by Gasteiger charge is -2.13. The van der Waals surface area contributed by atoms with E-state index in [0.717, 1.165) is 0 Å². The van der Waals surface area contributed by atoms with Gasteiger partial charge in [0.15, 0.2) is 0 Å². The topological polar surface area (TPSA) is 77.1 Å². The summed E-state index contributed by atoms with van der Waals surface area (Å²) in [6.07, 6.45) is -0.490.